The molecule has 0 saturated carbocycles. The van der Waals surface area contributed by atoms with Crippen molar-refractivity contribution in [3.05, 3.63) is 35.6 Å². The SMILES string of the molecule is CCCC(=O)N1CCCC1C(=O)NCC(C)(O)c1ccc(F)cc1. The van der Waals surface area contributed by atoms with Gasteiger partial charge in [0.15, 0.2) is 0 Å². The number of aliphatic hydroxyl groups is 1. The van der Waals surface area contributed by atoms with Gasteiger partial charge in [-0.2, -0.15) is 0 Å². The normalized spacial score (nSPS) is 19.8. The number of hydrogen-bond donors (Lipinski definition) is 2. The van der Waals surface area contributed by atoms with Crippen LogP contribution in [-0.2, 0) is 15.2 Å². The molecule has 132 valence electrons. The first-order valence-electron chi connectivity index (χ1n) is 8.40. The van der Waals surface area contributed by atoms with Gasteiger partial charge in [0.2, 0.25) is 11.8 Å². The average molecular weight is 336 g/mol. The molecule has 5 nitrogen and oxygen atoms in total. The zero-order valence-corrected chi connectivity index (χ0v) is 14.2. The lowest BCUT2D eigenvalue weighted by Gasteiger charge is -2.28. The smallest absolute Gasteiger partial charge is 0.242 e. The van der Waals surface area contributed by atoms with Crippen molar-refractivity contribution in [2.45, 2.75) is 51.2 Å². The summed E-state index contributed by atoms with van der Waals surface area (Å²) in [5, 5.41) is 13.2. The first kappa shape index (κ1) is 18.4. The van der Waals surface area contributed by atoms with Gasteiger partial charge in [-0.05, 0) is 43.9 Å². The molecule has 6 heteroatoms. The highest BCUT2D eigenvalue weighted by atomic mass is 19.1. The second-order valence-corrected chi connectivity index (χ2v) is 6.49. The number of nitrogens with zero attached hydrogens (tertiary/aromatic N) is 1. The van der Waals surface area contributed by atoms with E-state index in [1.807, 2.05) is 6.92 Å². The minimum absolute atomic E-state index is 0.000412. The van der Waals surface area contributed by atoms with E-state index in [1.54, 1.807) is 11.8 Å². The Hall–Kier alpha value is -1.95. The lowest BCUT2D eigenvalue weighted by Crippen LogP contribution is -2.49. The molecule has 0 radical (unpaired) electrons. The van der Waals surface area contributed by atoms with E-state index in [4.69, 9.17) is 0 Å². The molecule has 1 heterocycles. The standard InChI is InChI=1S/C18H25FN2O3/c1-3-5-16(22)21-11-4-6-15(21)17(23)20-12-18(2,24)13-7-9-14(19)10-8-13/h7-10,15,24H,3-6,11-12H2,1-2H3,(H,20,23). The van der Waals surface area contributed by atoms with Crippen LogP contribution in [-0.4, -0.2) is 41.0 Å². The van der Waals surface area contributed by atoms with E-state index in [2.05, 4.69) is 5.32 Å². The quantitative estimate of drug-likeness (QED) is 0.834. The molecule has 1 aliphatic heterocycles. The van der Waals surface area contributed by atoms with Gasteiger partial charge in [0, 0.05) is 13.0 Å². The topological polar surface area (TPSA) is 69.6 Å². The number of rotatable bonds is 6. The van der Waals surface area contributed by atoms with E-state index in [0.29, 0.717) is 24.9 Å². The van der Waals surface area contributed by atoms with Crippen LogP contribution in [0.1, 0.15) is 45.1 Å². The van der Waals surface area contributed by atoms with Crippen LogP contribution < -0.4 is 5.32 Å². The van der Waals surface area contributed by atoms with Gasteiger partial charge < -0.3 is 15.3 Å². The number of carbonyl (C=O) groups excluding carboxylic acids is 2. The third kappa shape index (κ3) is 4.32. The molecule has 2 amide bonds. The summed E-state index contributed by atoms with van der Waals surface area (Å²) >= 11 is 0. The monoisotopic (exact) mass is 336 g/mol. The summed E-state index contributed by atoms with van der Waals surface area (Å²) < 4.78 is 13.0. The number of amides is 2. The van der Waals surface area contributed by atoms with Crippen LogP contribution >= 0.6 is 0 Å². The fraction of sp³-hybridized carbons (Fsp3) is 0.556. The van der Waals surface area contributed by atoms with Crippen molar-refractivity contribution in [2.24, 2.45) is 0 Å². The Morgan fingerprint density at radius 1 is 1.38 bits per heavy atom. The highest BCUT2D eigenvalue weighted by molar-refractivity contribution is 5.88. The second-order valence-electron chi connectivity index (χ2n) is 6.49. The second kappa shape index (κ2) is 7.75. The van der Waals surface area contributed by atoms with E-state index >= 15 is 0 Å². The molecule has 1 fully saturated rings. The average Bonchev–Trinajstić information content (AvgIpc) is 3.03. The van der Waals surface area contributed by atoms with Crippen molar-refractivity contribution in [1.82, 2.24) is 10.2 Å². The number of halogens is 1. The van der Waals surface area contributed by atoms with Crippen LogP contribution in [0, 0.1) is 5.82 Å². The van der Waals surface area contributed by atoms with Crippen LogP contribution in [0.5, 0.6) is 0 Å². The zero-order chi connectivity index (χ0) is 17.7. The fourth-order valence-corrected chi connectivity index (χ4v) is 2.98. The highest BCUT2D eigenvalue weighted by Crippen LogP contribution is 2.22. The molecule has 0 bridgehead atoms. The third-order valence-electron chi connectivity index (χ3n) is 4.41. The summed E-state index contributed by atoms with van der Waals surface area (Å²) in [6, 6.07) is 5.07. The van der Waals surface area contributed by atoms with Gasteiger partial charge in [-0.1, -0.05) is 19.1 Å². The molecule has 1 aromatic carbocycles. The van der Waals surface area contributed by atoms with Gasteiger partial charge in [0.05, 0.1) is 6.54 Å². The number of likely N-dealkylation sites (tertiary alicyclic amines) is 1. The summed E-state index contributed by atoms with van der Waals surface area (Å²) in [5.41, 5.74) is -0.783. The molecule has 2 unspecified atom stereocenters. The maximum absolute atomic E-state index is 13.0. The molecular weight excluding hydrogens is 311 g/mol. The first-order valence-corrected chi connectivity index (χ1v) is 8.40. The number of carbonyl (C=O) groups is 2. The van der Waals surface area contributed by atoms with Crippen LogP contribution in [0.4, 0.5) is 4.39 Å². The third-order valence-corrected chi connectivity index (χ3v) is 4.41. The lowest BCUT2D eigenvalue weighted by atomic mass is 9.96. The maximum Gasteiger partial charge on any atom is 0.242 e. The number of hydrogen-bond acceptors (Lipinski definition) is 3. The van der Waals surface area contributed by atoms with E-state index in [0.717, 1.165) is 12.8 Å². The summed E-state index contributed by atoms with van der Waals surface area (Å²) in [7, 11) is 0. The first-order chi connectivity index (χ1) is 11.3. The van der Waals surface area contributed by atoms with Crippen LogP contribution in [0.15, 0.2) is 24.3 Å². The molecule has 1 saturated heterocycles. The molecule has 1 aliphatic rings. The molecule has 0 aliphatic carbocycles. The molecule has 24 heavy (non-hydrogen) atoms. The molecule has 2 N–H and O–H groups in total. The largest absolute Gasteiger partial charge is 0.384 e. The Labute approximate surface area is 141 Å². The van der Waals surface area contributed by atoms with Crippen LogP contribution in [0.25, 0.3) is 0 Å². The van der Waals surface area contributed by atoms with Gasteiger partial charge in [0.25, 0.3) is 0 Å². The van der Waals surface area contributed by atoms with Crippen molar-refractivity contribution in [2.75, 3.05) is 13.1 Å². The number of benzene rings is 1. The van der Waals surface area contributed by atoms with Crippen molar-refractivity contribution in [1.29, 1.82) is 0 Å². The van der Waals surface area contributed by atoms with E-state index in [1.165, 1.54) is 24.3 Å². The fourth-order valence-electron chi connectivity index (χ4n) is 2.98. The zero-order valence-electron chi connectivity index (χ0n) is 14.2. The minimum Gasteiger partial charge on any atom is -0.384 e. The summed E-state index contributed by atoms with van der Waals surface area (Å²) in [6.07, 6.45) is 2.64. The van der Waals surface area contributed by atoms with Gasteiger partial charge in [-0.15, -0.1) is 0 Å². The predicted molar refractivity (Wildman–Crippen MR) is 88.6 cm³/mol. The van der Waals surface area contributed by atoms with Gasteiger partial charge in [0.1, 0.15) is 17.5 Å². The Bertz CT molecular complexity index is 586. The minimum atomic E-state index is -1.31. The molecular formula is C18H25FN2O3. The summed E-state index contributed by atoms with van der Waals surface area (Å²) in [6.45, 7) is 4.10. The van der Waals surface area contributed by atoms with Crippen molar-refractivity contribution in [3.8, 4) is 0 Å². The molecule has 2 rings (SSSR count). The van der Waals surface area contributed by atoms with Crippen molar-refractivity contribution < 1.29 is 19.1 Å². The molecule has 2 atom stereocenters. The van der Waals surface area contributed by atoms with Gasteiger partial charge >= 0.3 is 0 Å². The van der Waals surface area contributed by atoms with E-state index < -0.39 is 11.6 Å². The lowest BCUT2D eigenvalue weighted by molar-refractivity contribution is -0.138. The summed E-state index contributed by atoms with van der Waals surface area (Å²) in [5.74, 6) is -0.630. The van der Waals surface area contributed by atoms with E-state index in [9.17, 15) is 19.1 Å². The van der Waals surface area contributed by atoms with Crippen LogP contribution in [0.3, 0.4) is 0 Å². The van der Waals surface area contributed by atoms with Crippen LogP contribution in [0.2, 0.25) is 0 Å². The molecule has 1 aromatic rings. The Kier molecular flexibility index (Phi) is 5.94. The summed E-state index contributed by atoms with van der Waals surface area (Å²) in [4.78, 5) is 26.1. The Morgan fingerprint density at radius 2 is 2.04 bits per heavy atom. The number of nitrogens with one attached hydrogen (secondary N) is 1. The Balaban J connectivity index is 1.96. The van der Waals surface area contributed by atoms with Crippen molar-refractivity contribution in [3.63, 3.8) is 0 Å². The van der Waals surface area contributed by atoms with E-state index in [-0.39, 0.29) is 24.2 Å². The highest BCUT2D eigenvalue weighted by Gasteiger charge is 2.34. The van der Waals surface area contributed by atoms with Gasteiger partial charge in [-0.25, -0.2) is 4.39 Å². The predicted octanol–water partition coefficient (Wildman–Crippen LogP) is 1.94. The van der Waals surface area contributed by atoms with Gasteiger partial charge in [-0.3, -0.25) is 9.59 Å². The van der Waals surface area contributed by atoms with Crippen molar-refractivity contribution >= 4 is 11.8 Å². The molecule has 0 aromatic heterocycles. The maximum atomic E-state index is 13.0. The molecule has 0 spiro atoms. The Morgan fingerprint density at radius 3 is 2.67 bits per heavy atom.